The number of aryl methyl sites for hydroxylation is 1. The summed E-state index contributed by atoms with van der Waals surface area (Å²) in [6.07, 6.45) is 0.153. The van der Waals surface area contributed by atoms with E-state index in [9.17, 15) is 14.4 Å². The van der Waals surface area contributed by atoms with Gasteiger partial charge in [-0.05, 0) is 93.5 Å². The van der Waals surface area contributed by atoms with Crippen molar-refractivity contribution in [2.45, 2.75) is 66.5 Å². The minimum absolute atomic E-state index is 0.147. The maximum Gasteiger partial charge on any atom is 0.407 e. The molecule has 1 aliphatic rings. The molecule has 0 radical (unpaired) electrons. The molecule has 0 spiro atoms. The SMILES string of the molecule is COC(=O)C1=C(c2ccc(C)cc2)C(CNC(=O)OC(C)(C)C)=C(CC(C)C)N(c2ccc(-c3ccc(C(=O)OC)cc3)cc2)C1C. The summed E-state index contributed by atoms with van der Waals surface area (Å²) in [5.74, 6) is -0.548. The fourth-order valence-corrected chi connectivity index (χ4v) is 5.84. The van der Waals surface area contributed by atoms with Gasteiger partial charge < -0.3 is 24.4 Å². The van der Waals surface area contributed by atoms with Gasteiger partial charge in [-0.1, -0.05) is 67.9 Å². The average molecular weight is 639 g/mol. The number of rotatable bonds is 9. The van der Waals surface area contributed by atoms with Crippen molar-refractivity contribution < 1.29 is 28.6 Å². The van der Waals surface area contributed by atoms with Crippen molar-refractivity contribution in [3.63, 3.8) is 0 Å². The fourth-order valence-electron chi connectivity index (χ4n) is 5.84. The topological polar surface area (TPSA) is 94.2 Å². The van der Waals surface area contributed by atoms with Crippen molar-refractivity contribution in [1.82, 2.24) is 5.32 Å². The third kappa shape index (κ3) is 8.30. The van der Waals surface area contributed by atoms with Gasteiger partial charge in [-0.3, -0.25) is 0 Å². The molecule has 0 saturated heterocycles. The van der Waals surface area contributed by atoms with Crippen LogP contribution < -0.4 is 10.2 Å². The predicted molar refractivity (Wildman–Crippen MR) is 186 cm³/mol. The molecule has 1 unspecified atom stereocenters. The lowest BCUT2D eigenvalue weighted by molar-refractivity contribution is -0.136. The quantitative estimate of drug-likeness (QED) is 0.187. The first-order valence-corrected chi connectivity index (χ1v) is 15.9. The average Bonchev–Trinajstić information content (AvgIpc) is 3.03. The van der Waals surface area contributed by atoms with Gasteiger partial charge in [0.05, 0.1) is 31.4 Å². The van der Waals surface area contributed by atoms with Crippen LogP contribution in [0.25, 0.3) is 16.7 Å². The number of nitrogens with zero attached hydrogens (tertiary/aromatic N) is 1. The Hall–Kier alpha value is -4.85. The molecule has 1 amide bonds. The molecule has 0 aliphatic carbocycles. The van der Waals surface area contributed by atoms with Crippen molar-refractivity contribution >= 4 is 29.3 Å². The molecule has 8 nitrogen and oxygen atoms in total. The molecule has 3 aromatic carbocycles. The van der Waals surface area contributed by atoms with Crippen molar-refractivity contribution in [2.75, 3.05) is 25.7 Å². The Bertz CT molecular complexity index is 1660. The Kier molecular flexibility index (Phi) is 11.0. The zero-order valence-electron chi connectivity index (χ0n) is 28.9. The number of amides is 1. The van der Waals surface area contributed by atoms with Crippen LogP contribution in [0.5, 0.6) is 0 Å². The van der Waals surface area contributed by atoms with E-state index < -0.39 is 17.7 Å². The number of anilines is 1. The second kappa shape index (κ2) is 14.7. The zero-order chi connectivity index (χ0) is 34.5. The van der Waals surface area contributed by atoms with Crippen molar-refractivity contribution in [1.29, 1.82) is 0 Å². The molecule has 1 heterocycles. The summed E-state index contributed by atoms with van der Waals surface area (Å²) in [5, 5.41) is 2.97. The monoisotopic (exact) mass is 638 g/mol. The van der Waals surface area contributed by atoms with Crippen LogP contribution >= 0.6 is 0 Å². The summed E-state index contributed by atoms with van der Waals surface area (Å²) in [4.78, 5) is 40.7. The highest BCUT2D eigenvalue weighted by atomic mass is 16.6. The minimum atomic E-state index is -0.666. The molecular formula is C39H46N2O6. The molecule has 0 aromatic heterocycles. The van der Waals surface area contributed by atoms with E-state index in [1.165, 1.54) is 14.2 Å². The Labute approximate surface area is 278 Å². The van der Waals surface area contributed by atoms with Crippen molar-refractivity contribution in [3.05, 3.63) is 106 Å². The fraction of sp³-hybridized carbons (Fsp3) is 0.359. The summed E-state index contributed by atoms with van der Waals surface area (Å²) >= 11 is 0. The zero-order valence-corrected chi connectivity index (χ0v) is 28.9. The Morgan fingerprint density at radius 2 is 1.34 bits per heavy atom. The van der Waals surface area contributed by atoms with Gasteiger partial charge in [-0.2, -0.15) is 0 Å². The predicted octanol–water partition coefficient (Wildman–Crippen LogP) is 8.11. The largest absolute Gasteiger partial charge is 0.466 e. The summed E-state index contributed by atoms with van der Waals surface area (Å²) in [6, 6.07) is 23.1. The Balaban J connectivity index is 1.88. The standard InChI is InChI=1S/C39H46N2O6/c1-24(2)22-33-32(23-40-38(44)47-39(5,6)7)35(29-12-10-25(3)11-13-29)34(37(43)46-9)26(4)41(33)31-20-18-28(19-21-31)27-14-16-30(17-15-27)36(42)45-8/h10-21,24,26H,22-23H2,1-9H3,(H,40,44). The number of allylic oxidation sites excluding steroid dienone is 1. The number of esters is 2. The second-order valence-corrected chi connectivity index (χ2v) is 13.2. The van der Waals surface area contributed by atoms with Gasteiger partial charge in [0.1, 0.15) is 5.60 Å². The molecule has 47 heavy (non-hydrogen) atoms. The maximum atomic E-state index is 13.7. The van der Waals surface area contributed by atoms with Crippen LogP contribution in [0.15, 0.2) is 89.6 Å². The van der Waals surface area contributed by atoms with E-state index in [0.717, 1.165) is 44.8 Å². The lowest BCUT2D eigenvalue weighted by Gasteiger charge is -2.42. The Morgan fingerprint density at radius 3 is 1.85 bits per heavy atom. The summed E-state index contributed by atoms with van der Waals surface area (Å²) < 4.78 is 15.8. The molecular weight excluding hydrogens is 592 g/mol. The number of benzene rings is 3. The molecule has 1 atom stereocenters. The van der Waals surface area contributed by atoms with Crippen LogP contribution in [0, 0.1) is 12.8 Å². The highest BCUT2D eigenvalue weighted by molar-refractivity contribution is 6.05. The van der Waals surface area contributed by atoms with Gasteiger partial charge in [0.25, 0.3) is 0 Å². The van der Waals surface area contributed by atoms with Crippen LogP contribution in [0.4, 0.5) is 10.5 Å². The van der Waals surface area contributed by atoms with Gasteiger partial charge in [-0.15, -0.1) is 0 Å². The van der Waals surface area contributed by atoms with Crippen molar-refractivity contribution in [3.8, 4) is 11.1 Å². The molecule has 3 aromatic rings. The van der Waals surface area contributed by atoms with Gasteiger partial charge >= 0.3 is 18.0 Å². The van der Waals surface area contributed by atoms with Gasteiger partial charge in [0.2, 0.25) is 0 Å². The maximum absolute atomic E-state index is 13.7. The molecule has 1 N–H and O–H groups in total. The lowest BCUT2D eigenvalue weighted by Crippen LogP contribution is -2.43. The lowest BCUT2D eigenvalue weighted by atomic mass is 9.82. The van der Waals surface area contributed by atoms with E-state index in [1.54, 1.807) is 12.1 Å². The number of nitrogens with one attached hydrogen (secondary N) is 1. The van der Waals surface area contributed by atoms with Gasteiger partial charge in [0, 0.05) is 23.5 Å². The number of ether oxygens (including phenoxy) is 3. The summed E-state index contributed by atoms with van der Waals surface area (Å²) in [7, 11) is 2.76. The number of carbonyl (C=O) groups is 3. The summed E-state index contributed by atoms with van der Waals surface area (Å²) in [6.45, 7) is 14.0. The molecule has 248 valence electrons. The molecule has 4 rings (SSSR count). The number of hydrogen-bond donors (Lipinski definition) is 1. The van der Waals surface area contributed by atoms with Crippen LogP contribution in [-0.4, -0.2) is 50.4 Å². The first-order chi connectivity index (χ1) is 22.2. The van der Waals surface area contributed by atoms with Crippen molar-refractivity contribution in [2.24, 2.45) is 5.92 Å². The molecule has 1 aliphatic heterocycles. The number of carbonyl (C=O) groups excluding carboxylic acids is 3. The van der Waals surface area contributed by atoms with E-state index in [2.05, 4.69) is 24.1 Å². The van der Waals surface area contributed by atoms with Crippen LogP contribution in [-0.2, 0) is 19.0 Å². The Morgan fingerprint density at radius 1 is 0.809 bits per heavy atom. The van der Waals surface area contributed by atoms with E-state index in [0.29, 0.717) is 17.6 Å². The van der Waals surface area contributed by atoms with E-state index in [-0.39, 0.29) is 24.5 Å². The van der Waals surface area contributed by atoms with E-state index in [1.807, 2.05) is 95.3 Å². The van der Waals surface area contributed by atoms with Crippen LogP contribution in [0.2, 0.25) is 0 Å². The third-order valence-electron chi connectivity index (χ3n) is 7.96. The highest BCUT2D eigenvalue weighted by Crippen LogP contribution is 2.43. The van der Waals surface area contributed by atoms with E-state index >= 15 is 0 Å². The second-order valence-electron chi connectivity index (χ2n) is 13.2. The van der Waals surface area contributed by atoms with Crippen LogP contribution in [0.3, 0.4) is 0 Å². The minimum Gasteiger partial charge on any atom is -0.466 e. The summed E-state index contributed by atoms with van der Waals surface area (Å²) in [5.41, 5.74) is 7.70. The first kappa shape index (κ1) is 35.0. The molecule has 0 saturated carbocycles. The molecule has 8 heteroatoms. The van der Waals surface area contributed by atoms with E-state index in [4.69, 9.17) is 14.2 Å². The smallest absolute Gasteiger partial charge is 0.407 e. The number of methoxy groups -OCH3 is 2. The first-order valence-electron chi connectivity index (χ1n) is 15.9. The number of hydrogen-bond acceptors (Lipinski definition) is 7. The normalized spacial score (nSPS) is 15.1. The molecule has 0 bridgehead atoms. The highest BCUT2D eigenvalue weighted by Gasteiger charge is 2.38. The van der Waals surface area contributed by atoms with Gasteiger partial charge in [0.15, 0.2) is 0 Å². The number of alkyl carbamates (subject to hydrolysis) is 1. The molecule has 0 fully saturated rings. The third-order valence-corrected chi connectivity index (χ3v) is 7.96. The van der Waals surface area contributed by atoms with Crippen LogP contribution in [0.1, 0.15) is 69.4 Å². The van der Waals surface area contributed by atoms with Gasteiger partial charge in [-0.25, -0.2) is 14.4 Å².